The van der Waals surface area contributed by atoms with Crippen LogP contribution in [0.25, 0.3) is 0 Å². The van der Waals surface area contributed by atoms with Crippen LogP contribution < -0.4 is 0 Å². The van der Waals surface area contributed by atoms with Gasteiger partial charge < -0.3 is 0 Å². The first-order chi connectivity index (χ1) is 5.80. The highest BCUT2D eigenvalue weighted by Gasteiger charge is 1.96. The summed E-state index contributed by atoms with van der Waals surface area (Å²) >= 11 is 0. The standard InChI is InChI=1S/C11H12O/c1-10(12)11-8-6-4-2-3-5-7-9-11/h2-6,8-9H,7H2,1H3. The molecule has 1 rings (SSSR count). The molecule has 0 atom stereocenters. The van der Waals surface area contributed by atoms with Crippen molar-refractivity contribution in [2.45, 2.75) is 13.3 Å². The Morgan fingerprint density at radius 3 is 2.75 bits per heavy atom. The SMILES string of the molecule is CC(=O)C1=CCC=CC=CC=C1. The molecule has 0 radical (unpaired) electrons. The third kappa shape index (κ3) is 2.70. The Balaban J connectivity index is 2.84. The minimum atomic E-state index is 0.120. The fourth-order valence-electron chi connectivity index (χ4n) is 0.969. The molecule has 0 aliphatic heterocycles. The van der Waals surface area contributed by atoms with Gasteiger partial charge in [0.25, 0.3) is 0 Å². The van der Waals surface area contributed by atoms with Crippen LogP contribution in [0.2, 0.25) is 0 Å². The van der Waals surface area contributed by atoms with Crippen molar-refractivity contribution in [2.75, 3.05) is 0 Å². The fourth-order valence-corrected chi connectivity index (χ4v) is 0.969. The van der Waals surface area contributed by atoms with Crippen molar-refractivity contribution in [3.05, 3.63) is 48.1 Å². The normalized spacial score (nSPS) is 16.2. The van der Waals surface area contributed by atoms with E-state index in [0.29, 0.717) is 0 Å². The molecule has 0 N–H and O–H groups in total. The first-order valence-corrected chi connectivity index (χ1v) is 4.01. The summed E-state index contributed by atoms with van der Waals surface area (Å²) in [6.45, 7) is 1.58. The minimum Gasteiger partial charge on any atom is -0.295 e. The zero-order valence-electron chi connectivity index (χ0n) is 7.16. The lowest BCUT2D eigenvalue weighted by Gasteiger charge is -1.92. The average Bonchev–Trinajstić information content (AvgIpc) is 2.15. The number of allylic oxidation sites excluding steroid dienone is 8. The van der Waals surface area contributed by atoms with E-state index in [2.05, 4.69) is 0 Å². The van der Waals surface area contributed by atoms with Gasteiger partial charge >= 0.3 is 0 Å². The highest BCUT2D eigenvalue weighted by Crippen LogP contribution is 2.03. The zero-order chi connectivity index (χ0) is 8.81. The number of hydrogen-bond acceptors (Lipinski definition) is 1. The maximum atomic E-state index is 11.0. The molecule has 0 unspecified atom stereocenters. The average molecular weight is 160 g/mol. The lowest BCUT2D eigenvalue weighted by Crippen LogP contribution is -1.92. The third-order valence-corrected chi connectivity index (χ3v) is 1.63. The highest BCUT2D eigenvalue weighted by atomic mass is 16.1. The van der Waals surface area contributed by atoms with E-state index in [0.717, 1.165) is 12.0 Å². The number of rotatable bonds is 1. The second kappa shape index (κ2) is 4.50. The van der Waals surface area contributed by atoms with Crippen molar-refractivity contribution in [2.24, 2.45) is 0 Å². The summed E-state index contributed by atoms with van der Waals surface area (Å²) in [5.41, 5.74) is 0.784. The van der Waals surface area contributed by atoms with Crippen LogP contribution in [0.3, 0.4) is 0 Å². The summed E-state index contributed by atoms with van der Waals surface area (Å²) in [6.07, 6.45) is 14.3. The van der Waals surface area contributed by atoms with Gasteiger partial charge in [-0.15, -0.1) is 0 Å². The van der Waals surface area contributed by atoms with E-state index in [4.69, 9.17) is 0 Å². The second-order valence-corrected chi connectivity index (χ2v) is 2.62. The predicted molar refractivity (Wildman–Crippen MR) is 50.8 cm³/mol. The van der Waals surface area contributed by atoms with Crippen LogP contribution in [0.15, 0.2) is 48.1 Å². The largest absolute Gasteiger partial charge is 0.295 e. The Morgan fingerprint density at radius 1 is 1.25 bits per heavy atom. The highest BCUT2D eigenvalue weighted by molar-refractivity contribution is 5.96. The molecule has 1 aliphatic carbocycles. The minimum absolute atomic E-state index is 0.120. The summed E-state index contributed by atoms with van der Waals surface area (Å²) < 4.78 is 0. The van der Waals surface area contributed by atoms with Gasteiger partial charge in [-0.3, -0.25) is 4.79 Å². The van der Waals surface area contributed by atoms with E-state index in [9.17, 15) is 4.79 Å². The van der Waals surface area contributed by atoms with Crippen LogP contribution in [0.4, 0.5) is 0 Å². The Morgan fingerprint density at radius 2 is 2.00 bits per heavy atom. The molecular weight excluding hydrogens is 148 g/mol. The Labute approximate surface area is 72.8 Å². The van der Waals surface area contributed by atoms with Crippen molar-refractivity contribution in [3.8, 4) is 0 Å². The number of Topliss-reactive ketones (excluding diaryl/α,β-unsaturated/α-hetero) is 1. The Hall–Kier alpha value is -1.37. The molecule has 62 valence electrons. The topological polar surface area (TPSA) is 17.1 Å². The molecule has 1 heteroatoms. The van der Waals surface area contributed by atoms with E-state index in [1.54, 1.807) is 6.92 Å². The fraction of sp³-hybridized carbons (Fsp3) is 0.182. The molecule has 0 aromatic heterocycles. The van der Waals surface area contributed by atoms with Gasteiger partial charge in [0.05, 0.1) is 0 Å². The first kappa shape index (κ1) is 8.72. The molecule has 0 bridgehead atoms. The van der Waals surface area contributed by atoms with Crippen LogP contribution >= 0.6 is 0 Å². The van der Waals surface area contributed by atoms with Crippen LogP contribution in [0.1, 0.15) is 13.3 Å². The number of ketones is 1. The van der Waals surface area contributed by atoms with Crippen LogP contribution in [-0.2, 0) is 4.79 Å². The lowest BCUT2D eigenvalue weighted by molar-refractivity contribution is -0.113. The summed E-state index contributed by atoms with van der Waals surface area (Å²) in [4.78, 5) is 11.0. The summed E-state index contributed by atoms with van der Waals surface area (Å²) in [6, 6.07) is 0. The maximum absolute atomic E-state index is 11.0. The summed E-state index contributed by atoms with van der Waals surface area (Å²) in [7, 11) is 0. The molecule has 0 aromatic carbocycles. The number of carbonyl (C=O) groups is 1. The smallest absolute Gasteiger partial charge is 0.159 e. The van der Waals surface area contributed by atoms with Gasteiger partial charge in [-0.1, -0.05) is 42.5 Å². The van der Waals surface area contributed by atoms with Crippen molar-refractivity contribution in [1.29, 1.82) is 0 Å². The summed E-state index contributed by atoms with van der Waals surface area (Å²) in [5, 5.41) is 0. The van der Waals surface area contributed by atoms with Crippen molar-refractivity contribution < 1.29 is 4.79 Å². The molecule has 0 amide bonds. The lowest BCUT2D eigenvalue weighted by atomic mass is 10.1. The van der Waals surface area contributed by atoms with Gasteiger partial charge in [0, 0.05) is 5.57 Å². The van der Waals surface area contributed by atoms with Crippen molar-refractivity contribution in [1.82, 2.24) is 0 Å². The first-order valence-electron chi connectivity index (χ1n) is 4.01. The maximum Gasteiger partial charge on any atom is 0.159 e. The zero-order valence-corrected chi connectivity index (χ0v) is 7.16. The van der Waals surface area contributed by atoms with Gasteiger partial charge in [0.1, 0.15) is 0 Å². The molecule has 12 heavy (non-hydrogen) atoms. The molecule has 1 nitrogen and oxygen atoms in total. The number of carbonyl (C=O) groups excluding carboxylic acids is 1. The molecule has 0 saturated heterocycles. The van der Waals surface area contributed by atoms with Crippen molar-refractivity contribution in [3.63, 3.8) is 0 Å². The quantitative estimate of drug-likeness (QED) is 0.576. The van der Waals surface area contributed by atoms with Gasteiger partial charge in [0.15, 0.2) is 5.78 Å². The Kier molecular flexibility index (Phi) is 3.27. The molecular formula is C11H12O. The van der Waals surface area contributed by atoms with Gasteiger partial charge in [-0.2, -0.15) is 0 Å². The molecule has 0 aromatic rings. The predicted octanol–water partition coefficient (Wildman–Crippen LogP) is 2.57. The molecule has 0 spiro atoms. The summed E-state index contributed by atoms with van der Waals surface area (Å²) in [5.74, 6) is 0.120. The number of hydrogen-bond donors (Lipinski definition) is 0. The van der Waals surface area contributed by atoms with E-state index < -0.39 is 0 Å². The van der Waals surface area contributed by atoms with E-state index in [1.807, 2.05) is 42.5 Å². The van der Waals surface area contributed by atoms with Crippen LogP contribution in [0.5, 0.6) is 0 Å². The van der Waals surface area contributed by atoms with Gasteiger partial charge in [0.2, 0.25) is 0 Å². The molecule has 0 saturated carbocycles. The molecule has 0 heterocycles. The van der Waals surface area contributed by atoms with Crippen LogP contribution in [0, 0.1) is 0 Å². The second-order valence-electron chi connectivity index (χ2n) is 2.62. The Bertz CT molecular complexity index is 277. The van der Waals surface area contributed by atoms with E-state index >= 15 is 0 Å². The molecule has 1 aliphatic rings. The molecule has 0 fully saturated rings. The van der Waals surface area contributed by atoms with E-state index in [1.165, 1.54) is 0 Å². The van der Waals surface area contributed by atoms with E-state index in [-0.39, 0.29) is 5.78 Å². The monoisotopic (exact) mass is 160 g/mol. The van der Waals surface area contributed by atoms with Crippen LogP contribution in [-0.4, -0.2) is 5.78 Å². The third-order valence-electron chi connectivity index (χ3n) is 1.63. The van der Waals surface area contributed by atoms with Crippen molar-refractivity contribution >= 4 is 5.78 Å². The van der Waals surface area contributed by atoms with Gasteiger partial charge in [-0.05, 0) is 13.3 Å². The van der Waals surface area contributed by atoms with Gasteiger partial charge in [-0.25, -0.2) is 0 Å².